The standard InChI is InChI=1S/C33H51NO9/c1-17-27(40-18(2)35)28(41-19(3)36)29(42-20(4)37)31(39-17)43-22-12-14-32(5)21(16-22)8-9-23-24-10-11-26(30(38)34-7)33(24,6)15-13-25(23)32/h17,21-29,31H,8-16H2,1-7H3,(H,34,38)/t17-,21?,22?,23-,24-,25-,26?,27-,28+,29+,31-,32-,33-/m0/s1. The summed E-state index contributed by atoms with van der Waals surface area (Å²) in [5.41, 5.74) is 0.305. The van der Waals surface area contributed by atoms with Crippen LogP contribution in [0.1, 0.15) is 99.3 Å². The number of nitrogens with one attached hydrogen (secondary N) is 1. The Balaban J connectivity index is 1.29. The molecule has 1 saturated heterocycles. The second kappa shape index (κ2) is 12.3. The maximum Gasteiger partial charge on any atom is 0.303 e. The normalized spacial score (nSPS) is 45.5. The van der Waals surface area contributed by atoms with Gasteiger partial charge in [-0.1, -0.05) is 13.8 Å². The van der Waals surface area contributed by atoms with Crippen LogP contribution in [-0.2, 0) is 42.9 Å². The molecule has 10 heteroatoms. The molecule has 5 fully saturated rings. The van der Waals surface area contributed by atoms with E-state index < -0.39 is 48.6 Å². The Morgan fingerprint density at radius 2 is 1.35 bits per heavy atom. The number of carbonyl (C=O) groups excluding carboxylic acids is 4. The summed E-state index contributed by atoms with van der Waals surface area (Å²) in [7, 11) is 1.76. The third-order valence-corrected chi connectivity index (χ3v) is 12.1. The van der Waals surface area contributed by atoms with Crippen LogP contribution in [-0.4, -0.2) is 67.7 Å². The van der Waals surface area contributed by atoms with Crippen LogP contribution in [0.25, 0.3) is 0 Å². The molecular weight excluding hydrogens is 554 g/mol. The topological polar surface area (TPSA) is 126 Å². The molecule has 13 atom stereocenters. The number of ether oxygens (including phenoxy) is 5. The number of amides is 1. The first-order chi connectivity index (χ1) is 20.3. The van der Waals surface area contributed by atoms with Crippen LogP contribution >= 0.6 is 0 Å². The van der Waals surface area contributed by atoms with Crippen molar-refractivity contribution >= 4 is 23.8 Å². The van der Waals surface area contributed by atoms with Crippen LogP contribution in [0.3, 0.4) is 0 Å². The first-order valence-corrected chi connectivity index (χ1v) is 16.3. The zero-order valence-electron chi connectivity index (χ0n) is 26.9. The van der Waals surface area contributed by atoms with Crippen molar-refractivity contribution in [2.24, 2.45) is 40.4 Å². The summed E-state index contributed by atoms with van der Waals surface area (Å²) >= 11 is 0. The van der Waals surface area contributed by atoms with Crippen LogP contribution in [0, 0.1) is 40.4 Å². The van der Waals surface area contributed by atoms with E-state index in [1.54, 1.807) is 14.0 Å². The first-order valence-electron chi connectivity index (χ1n) is 16.3. The molecule has 1 aliphatic heterocycles. The molecule has 10 nitrogen and oxygen atoms in total. The molecule has 0 spiro atoms. The van der Waals surface area contributed by atoms with Gasteiger partial charge in [0.1, 0.15) is 0 Å². The molecule has 4 saturated carbocycles. The summed E-state index contributed by atoms with van der Waals surface area (Å²) in [6, 6.07) is 0. The fraction of sp³-hybridized carbons (Fsp3) is 0.879. The Labute approximate surface area is 255 Å². The monoisotopic (exact) mass is 605 g/mol. The van der Waals surface area contributed by atoms with Gasteiger partial charge in [-0.3, -0.25) is 19.2 Å². The van der Waals surface area contributed by atoms with Crippen molar-refractivity contribution in [3.05, 3.63) is 0 Å². The Kier molecular flexibility index (Phi) is 9.21. The molecule has 1 heterocycles. The number of rotatable bonds is 6. The van der Waals surface area contributed by atoms with E-state index in [1.807, 2.05) is 0 Å². The predicted octanol–water partition coefficient (Wildman–Crippen LogP) is 4.32. The van der Waals surface area contributed by atoms with E-state index in [4.69, 9.17) is 23.7 Å². The molecule has 0 aromatic rings. The van der Waals surface area contributed by atoms with Gasteiger partial charge in [0.2, 0.25) is 5.91 Å². The quantitative estimate of drug-likeness (QED) is 0.268. The average Bonchev–Trinajstić information content (AvgIpc) is 3.29. The third-order valence-electron chi connectivity index (χ3n) is 12.1. The Hall–Kier alpha value is -2.20. The van der Waals surface area contributed by atoms with E-state index in [0.717, 1.165) is 44.9 Å². The molecule has 5 rings (SSSR count). The zero-order chi connectivity index (χ0) is 31.3. The number of carbonyl (C=O) groups is 4. The highest BCUT2D eigenvalue weighted by molar-refractivity contribution is 5.79. The molecule has 0 aromatic carbocycles. The fourth-order valence-corrected chi connectivity index (χ4v) is 10.2. The number of hydrogen-bond acceptors (Lipinski definition) is 9. The maximum atomic E-state index is 12.8. The van der Waals surface area contributed by atoms with Crippen LogP contribution in [0.15, 0.2) is 0 Å². The van der Waals surface area contributed by atoms with E-state index in [2.05, 4.69) is 19.2 Å². The lowest BCUT2D eigenvalue weighted by atomic mass is 9.44. The average molecular weight is 606 g/mol. The van der Waals surface area contributed by atoms with Gasteiger partial charge in [-0.25, -0.2) is 0 Å². The van der Waals surface area contributed by atoms with Crippen molar-refractivity contribution in [3.63, 3.8) is 0 Å². The van der Waals surface area contributed by atoms with E-state index in [-0.39, 0.29) is 28.8 Å². The largest absolute Gasteiger partial charge is 0.456 e. The minimum absolute atomic E-state index is 0.0912. The van der Waals surface area contributed by atoms with Gasteiger partial charge in [0.05, 0.1) is 12.2 Å². The second-order valence-electron chi connectivity index (χ2n) is 14.4. The molecule has 3 unspecified atom stereocenters. The van der Waals surface area contributed by atoms with Crippen molar-refractivity contribution in [1.82, 2.24) is 5.32 Å². The lowest BCUT2D eigenvalue weighted by Gasteiger charge is -2.61. The third kappa shape index (κ3) is 5.95. The van der Waals surface area contributed by atoms with Gasteiger partial charge < -0.3 is 29.0 Å². The van der Waals surface area contributed by atoms with Gasteiger partial charge in [0, 0.05) is 33.7 Å². The Morgan fingerprint density at radius 1 is 0.744 bits per heavy atom. The van der Waals surface area contributed by atoms with Crippen LogP contribution in [0.5, 0.6) is 0 Å². The van der Waals surface area contributed by atoms with Crippen molar-refractivity contribution in [1.29, 1.82) is 0 Å². The highest BCUT2D eigenvalue weighted by Gasteiger charge is 2.61. The van der Waals surface area contributed by atoms with Crippen molar-refractivity contribution in [2.45, 2.75) is 136 Å². The highest BCUT2D eigenvalue weighted by atomic mass is 16.7. The summed E-state index contributed by atoms with van der Waals surface area (Å²) in [5.74, 6) is 1.04. The van der Waals surface area contributed by atoms with E-state index in [0.29, 0.717) is 23.7 Å². The Bertz CT molecular complexity index is 1100. The lowest BCUT2D eigenvalue weighted by Crippen LogP contribution is -2.62. The van der Waals surface area contributed by atoms with Crippen molar-refractivity contribution < 1.29 is 42.9 Å². The molecule has 0 radical (unpaired) electrons. The summed E-state index contributed by atoms with van der Waals surface area (Å²) in [5, 5.41) is 2.93. The minimum Gasteiger partial charge on any atom is -0.456 e. The molecule has 0 aromatic heterocycles. The molecule has 0 bridgehead atoms. The smallest absolute Gasteiger partial charge is 0.303 e. The molecule has 1 N–H and O–H groups in total. The van der Waals surface area contributed by atoms with Crippen LogP contribution in [0.4, 0.5) is 0 Å². The van der Waals surface area contributed by atoms with Crippen LogP contribution < -0.4 is 5.32 Å². The van der Waals surface area contributed by atoms with Crippen LogP contribution in [0.2, 0.25) is 0 Å². The van der Waals surface area contributed by atoms with Gasteiger partial charge in [-0.15, -0.1) is 0 Å². The van der Waals surface area contributed by atoms with Gasteiger partial charge in [-0.05, 0) is 99.2 Å². The van der Waals surface area contributed by atoms with E-state index in [1.165, 1.54) is 33.6 Å². The molecule has 4 aliphatic carbocycles. The Morgan fingerprint density at radius 3 is 2.00 bits per heavy atom. The fourth-order valence-electron chi connectivity index (χ4n) is 10.2. The first kappa shape index (κ1) is 32.2. The number of hydrogen-bond donors (Lipinski definition) is 1. The molecule has 1 amide bonds. The maximum absolute atomic E-state index is 12.8. The van der Waals surface area contributed by atoms with Gasteiger partial charge in [0.25, 0.3) is 0 Å². The summed E-state index contributed by atoms with van der Waals surface area (Å²) in [6.45, 7) is 10.4. The minimum atomic E-state index is -1.07. The number of esters is 3. The molecule has 43 heavy (non-hydrogen) atoms. The summed E-state index contributed by atoms with van der Waals surface area (Å²) in [6.07, 6.45) is 4.74. The molecule has 242 valence electrons. The molecule has 5 aliphatic rings. The van der Waals surface area contributed by atoms with Crippen molar-refractivity contribution in [2.75, 3.05) is 7.05 Å². The van der Waals surface area contributed by atoms with Gasteiger partial charge >= 0.3 is 17.9 Å². The van der Waals surface area contributed by atoms with E-state index in [9.17, 15) is 19.2 Å². The van der Waals surface area contributed by atoms with Gasteiger partial charge in [0.15, 0.2) is 24.6 Å². The number of fused-ring (bicyclic) bond motifs is 5. The lowest BCUT2D eigenvalue weighted by molar-refractivity contribution is -0.315. The van der Waals surface area contributed by atoms with Crippen molar-refractivity contribution in [3.8, 4) is 0 Å². The highest BCUT2D eigenvalue weighted by Crippen LogP contribution is 2.67. The van der Waals surface area contributed by atoms with E-state index >= 15 is 0 Å². The summed E-state index contributed by atoms with van der Waals surface area (Å²) in [4.78, 5) is 48.8. The second-order valence-corrected chi connectivity index (χ2v) is 14.4. The SMILES string of the molecule is CNC(=O)C1CC[C@H]2[C@@H]3CCC4CC(O[C@@H]5O[C@@H](C)[C@H](OC(C)=O)[C@@H](OC(C)=O)[C@H]5OC(C)=O)CC[C@]4(C)[C@H]3CC[C@]12C. The summed E-state index contributed by atoms with van der Waals surface area (Å²) < 4.78 is 29.4. The molecular formula is C33H51NO9. The van der Waals surface area contributed by atoms with Gasteiger partial charge in [-0.2, -0.15) is 0 Å². The predicted molar refractivity (Wildman–Crippen MR) is 155 cm³/mol. The zero-order valence-corrected chi connectivity index (χ0v) is 26.9.